The summed E-state index contributed by atoms with van der Waals surface area (Å²) in [6, 6.07) is 6.08. The second-order valence-corrected chi connectivity index (χ2v) is 7.19. The molecule has 0 aliphatic heterocycles. The van der Waals surface area contributed by atoms with E-state index in [0.29, 0.717) is 5.92 Å². The average molecular weight is 331 g/mol. The van der Waals surface area contributed by atoms with Gasteiger partial charge in [-0.2, -0.15) is 0 Å². The number of rotatable bonds is 2. The highest BCUT2D eigenvalue weighted by Crippen LogP contribution is 2.40. The van der Waals surface area contributed by atoms with Crippen LogP contribution in [0.2, 0.25) is 5.02 Å². The molecule has 0 bridgehead atoms. The number of nitrogens with two attached hydrogens (primary N) is 1. The van der Waals surface area contributed by atoms with E-state index in [0.717, 1.165) is 26.9 Å². The minimum absolute atomic E-state index is 0.0656. The van der Waals surface area contributed by atoms with E-state index in [1.165, 1.54) is 19.3 Å². The number of benzene rings is 1. The Balaban J connectivity index is 2.17. The highest BCUT2D eigenvalue weighted by Gasteiger charge is 2.29. The molecule has 1 fully saturated rings. The van der Waals surface area contributed by atoms with Crippen LogP contribution in [0.25, 0.3) is 0 Å². The Morgan fingerprint density at radius 3 is 2.39 bits per heavy atom. The molecular formula is C15H21BrClN. The summed E-state index contributed by atoms with van der Waals surface area (Å²) in [4.78, 5) is 0. The fraction of sp³-hybridized carbons (Fsp3) is 0.600. The van der Waals surface area contributed by atoms with Crippen LogP contribution in [0, 0.1) is 17.8 Å². The summed E-state index contributed by atoms with van der Waals surface area (Å²) in [6.07, 6.45) is 3.77. The predicted molar refractivity (Wildman–Crippen MR) is 81.7 cm³/mol. The van der Waals surface area contributed by atoms with Crippen molar-refractivity contribution >= 4 is 27.5 Å². The maximum Gasteiger partial charge on any atom is 0.0465 e. The van der Waals surface area contributed by atoms with E-state index in [1.807, 2.05) is 12.1 Å². The molecule has 100 valence electrons. The summed E-state index contributed by atoms with van der Waals surface area (Å²) in [5.74, 6) is 2.11. The van der Waals surface area contributed by atoms with Crippen molar-refractivity contribution in [1.29, 1.82) is 0 Å². The lowest BCUT2D eigenvalue weighted by atomic mass is 9.72. The Morgan fingerprint density at radius 2 is 1.83 bits per heavy atom. The Hall–Kier alpha value is -0.0500. The predicted octanol–water partition coefficient (Wildman–Crippen LogP) is 5.17. The average Bonchev–Trinajstić information content (AvgIpc) is 2.26. The molecule has 2 rings (SSSR count). The first kappa shape index (κ1) is 14.4. The Bertz CT molecular complexity index is 411. The standard InChI is InChI=1S/C15H21BrClN/c1-9-5-10(2)7-11(6-9)15(18)13-4-3-12(16)8-14(13)17/h3-4,8-11,15H,5-7,18H2,1-2H3. The van der Waals surface area contributed by atoms with Crippen LogP contribution in [0.15, 0.2) is 22.7 Å². The second-order valence-electron chi connectivity index (χ2n) is 5.87. The van der Waals surface area contributed by atoms with Gasteiger partial charge in [0.15, 0.2) is 0 Å². The molecule has 0 heterocycles. The van der Waals surface area contributed by atoms with Gasteiger partial charge in [-0.25, -0.2) is 0 Å². The van der Waals surface area contributed by atoms with E-state index in [-0.39, 0.29) is 6.04 Å². The van der Waals surface area contributed by atoms with E-state index in [1.54, 1.807) is 0 Å². The quantitative estimate of drug-likeness (QED) is 0.795. The molecule has 3 heteroatoms. The third kappa shape index (κ3) is 3.28. The Labute approximate surface area is 123 Å². The summed E-state index contributed by atoms with van der Waals surface area (Å²) >= 11 is 9.74. The van der Waals surface area contributed by atoms with Crippen molar-refractivity contribution in [2.75, 3.05) is 0 Å². The number of hydrogen-bond acceptors (Lipinski definition) is 1. The number of hydrogen-bond donors (Lipinski definition) is 1. The molecule has 3 atom stereocenters. The molecule has 1 saturated carbocycles. The Morgan fingerprint density at radius 1 is 1.22 bits per heavy atom. The van der Waals surface area contributed by atoms with Crippen LogP contribution in [0.4, 0.5) is 0 Å². The molecule has 1 aromatic carbocycles. The van der Waals surface area contributed by atoms with Gasteiger partial charge in [-0.1, -0.05) is 47.4 Å². The third-order valence-electron chi connectivity index (χ3n) is 4.04. The van der Waals surface area contributed by atoms with Crippen molar-refractivity contribution in [3.8, 4) is 0 Å². The molecule has 1 nitrogen and oxygen atoms in total. The van der Waals surface area contributed by atoms with Gasteiger partial charge in [0.05, 0.1) is 0 Å². The molecule has 1 aromatic rings. The zero-order valence-electron chi connectivity index (χ0n) is 11.0. The number of halogens is 2. The SMILES string of the molecule is CC1CC(C)CC(C(N)c2ccc(Br)cc2Cl)C1. The smallest absolute Gasteiger partial charge is 0.0465 e. The summed E-state index contributed by atoms with van der Waals surface area (Å²) in [5.41, 5.74) is 7.53. The summed E-state index contributed by atoms with van der Waals surface area (Å²) in [6.45, 7) is 4.66. The fourth-order valence-corrected chi connectivity index (χ4v) is 4.13. The van der Waals surface area contributed by atoms with Gasteiger partial charge in [-0.15, -0.1) is 0 Å². The van der Waals surface area contributed by atoms with E-state index in [9.17, 15) is 0 Å². The molecule has 1 aliphatic rings. The topological polar surface area (TPSA) is 26.0 Å². The van der Waals surface area contributed by atoms with Crippen LogP contribution >= 0.6 is 27.5 Å². The highest BCUT2D eigenvalue weighted by molar-refractivity contribution is 9.10. The van der Waals surface area contributed by atoms with E-state index < -0.39 is 0 Å². The van der Waals surface area contributed by atoms with Crippen molar-refractivity contribution in [1.82, 2.24) is 0 Å². The molecule has 2 N–H and O–H groups in total. The van der Waals surface area contributed by atoms with Crippen molar-refractivity contribution in [3.63, 3.8) is 0 Å². The molecular weight excluding hydrogens is 310 g/mol. The normalized spacial score (nSPS) is 30.2. The van der Waals surface area contributed by atoms with Gasteiger partial charge in [0.25, 0.3) is 0 Å². The second kappa shape index (κ2) is 5.94. The van der Waals surface area contributed by atoms with Crippen molar-refractivity contribution in [3.05, 3.63) is 33.3 Å². The van der Waals surface area contributed by atoms with Crippen LogP contribution < -0.4 is 5.73 Å². The molecule has 0 radical (unpaired) electrons. The molecule has 18 heavy (non-hydrogen) atoms. The van der Waals surface area contributed by atoms with Gasteiger partial charge in [0.2, 0.25) is 0 Å². The van der Waals surface area contributed by atoms with Crippen molar-refractivity contribution < 1.29 is 0 Å². The highest BCUT2D eigenvalue weighted by atomic mass is 79.9. The lowest BCUT2D eigenvalue weighted by Gasteiger charge is -2.35. The van der Waals surface area contributed by atoms with Crippen molar-refractivity contribution in [2.45, 2.75) is 39.2 Å². The first-order valence-electron chi connectivity index (χ1n) is 6.68. The molecule has 1 aliphatic carbocycles. The molecule has 0 spiro atoms. The van der Waals surface area contributed by atoms with Gasteiger partial charge in [-0.3, -0.25) is 0 Å². The monoisotopic (exact) mass is 329 g/mol. The van der Waals surface area contributed by atoms with Crippen molar-refractivity contribution in [2.24, 2.45) is 23.5 Å². The van der Waals surface area contributed by atoms with E-state index in [4.69, 9.17) is 17.3 Å². The molecule has 0 aromatic heterocycles. The van der Waals surface area contributed by atoms with Crippen LogP contribution in [0.1, 0.15) is 44.7 Å². The van der Waals surface area contributed by atoms with Crippen LogP contribution in [0.3, 0.4) is 0 Å². The summed E-state index contributed by atoms with van der Waals surface area (Å²) in [7, 11) is 0. The zero-order chi connectivity index (χ0) is 13.3. The van der Waals surface area contributed by atoms with Gasteiger partial charge in [0.1, 0.15) is 0 Å². The minimum atomic E-state index is 0.0656. The minimum Gasteiger partial charge on any atom is -0.324 e. The van der Waals surface area contributed by atoms with Gasteiger partial charge in [-0.05, 0) is 54.7 Å². The van der Waals surface area contributed by atoms with Crippen LogP contribution in [-0.2, 0) is 0 Å². The maximum absolute atomic E-state index is 6.45. The summed E-state index contributed by atoms with van der Waals surface area (Å²) in [5, 5.41) is 0.780. The molecule has 0 saturated heterocycles. The first-order chi connectivity index (χ1) is 8.47. The zero-order valence-corrected chi connectivity index (χ0v) is 13.3. The van der Waals surface area contributed by atoms with Gasteiger partial charge < -0.3 is 5.73 Å². The third-order valence-corrected chi connectivity index (χ3v) is 4.87. The maximum atomic E-state index is 6.45. The fourth-order valence-electron chi connectivity index (χ4n) is 3.33. The lowest BCUT2D eigenvalue weighted by Crippen LogP contribution is -2.29. The van der Waals surface area contributed by atoms with E-state index >= 15 is 0 Å². The first-order valence-corrected chi connectivity index (χ1v) is 7.85. The largest absolute Gasteiger partial charge is 0.324 e. The van der Waals surface area contributed by atoms with Gasteiger partial charge in [0, 0.05) is 15.5 Å². The summed E-state index contributed by atoms with van der Waals surface area (Å²) < 4.78 is 1.01. The Kier molecular flexibility index (Phi) is 4.74. The van der Waals surface area contributed by atoms with E-state index in [2.05, 4.69) is 35.8 Å². The van der Waals surface area contributed by atoms with Crippen LogP contribution in [0.5, 0.6) is 0 Å². The van der Waals surface area contributed by atoms with Gasteiger partial charge >= 0.3 is 0 Å². The van der Waals surface area contributed by atoms with Crippen LogP contribution in [-0.4, -0.2) is 0 Å². The molecule has 0 amide bonds. The lowest BCUT2D eigenvalue weighted by molar-refractivity contribution is 0.193. The molecule has 3 unspecified atom stereocenters.